The lowest BCUT2D eigenvalue weighted by atomic mass is 10.1. The topological polar surface area (TPSA) is 49.3 Å². The largest absolute Gasteiger partial charge is 0.480 e. The zero-order valence-electron chi connectivity index (χ0n) is 8.71. The van der Waals surface area contributed by atoms with Crippen molar-refractivity contribution in [2.75, 3.05) is 6.54 Å². The van der Waals surface area contributed by atoms with Crippen LogP contribution < -0.4 is 5.32 Å². The van der Waals surface area contributed by atoms with Crippen molar-refractivity contribution in [3.05, 3.63) is 20.8 Å². The first-order valence-corrected chi connectivity index (χ1v) is 6.25. The van der Waals surface area contributed by atoms with Crippen LogP contribution in [0, 0.1) is 0 Å². The summed E-state index contributed by atoms with van der Waals surface area (Å²) in [6, 6.07) is 4.05. The lowest BCUT2D eigenvalue weighted by Crippen LogP contribution is -2.47. The third-order valence-corrected chi connectivity index (χ3v) is 3.79. The molecule has 1 rings (SSSR count). The number of carbonyl (C=O) groups is 1. The number of nitrogens with one attached hydrogen (secondary N) is 1. The summed E-state index contributed by atoms with van der Waals surface area (Å²) < 4.78 is 1.11. The average molecular weight is 292 g/mol. The first-order chi connectivity index (χ1) is 6.92. The average Bonchev–Trinajstić information content (AvgIpc) is 2.51. The third kappa shape index (κ3) is 3.93. The quantitative estimate of drug-likeness (QED) is 0.876. The smallest absolute Gasteiger partial charge is 0.323 e. The molecule has 0 aliphatic heterocycles. The Balaban J connectivity index is 2.36. The van der Waals surface area contributed by atoms with E-state index in [2.05, 4.69) is 21.2 Å². The highest BCUT2D eigenvalue weighted by Crippen LogP contribution is 2.22. The lowest BCUT2D eigenvalue weighted by Gasteiger charge is -2.20. The number of hydrogen-bond acceptors (Lipinski definition) is 3. The van der Waals surface area contributed by atoms with Crippen LogP contribution in [0.15, 0.2) is 15.9 Å². The second-order valence-electron chi connectivity index (χ2n) is 3.81. The summed E-state index contributed by atoms with van der Waals surface area (Å²) in [5.41, 5.74) is -0.853. The molecule has 0 fully saturated rings. The second kappa shape index (κ2) is 5.09. The SMILES string of the molecule is CC(C)(NCCc1ccc(Br)s1)C(=O)O. The fourth-order valence-electron chi connectivity index (χ4n) is 1.06. The molecule has 0 unspecified atom stereocenters. The van der Waals surface area contributed by atoms with E-state index in [-0.39, 0.29) is 0 Å². The van der Waals surface area contributed by atoms with Crippen LogP contribution in [0.3, 0.4) is 0 Å². The molecule has 0 aliphatic carbocycles. The molecule has 0 bridgehead atoms. The van der Waals surface area contributed by atoms with Crippen molar-refractivity contribution in [1.82, 2.24) is 5.32 Å². The standard InChI is InChI=1S/C10H14BrNO2S/c1-10(2,9(13)14)12-6-5-7-3-4-8(11)15-7/h3-4,12H,5-6H2,1-2H3,(H,13,14). The number of halogens is 1. The van der Waals surface area contributed by atoms with Crippen LogP contribution in [0.1, 0.15) is 18.7 Å². The van der Waals surface area contributed by atoms with E-state index in [0.29, 0.717) is 6.54 Å². The molecule has 3 nitrogen and oxygen atoms in total. The van der Waals surface area contributed by atoms with Gasteiger partial charge in [-0.05, 0) is 48.3 Å². The van der Waals surface area contributed by atoms with E-state index in [1.165, 1.54) is 4.88 Å². The van der Waals surface area contributed by atoms with E-state index in [4.69, 9.17) is 5.11 Å². The predicted molar refractivity (Wildman–Crippen MR) is 65.4 cm³/mol. The normalized spacial score (nSPS) is 11.7. The Morgan fingerprint density at radius 1 is 1.60 bits per heavy atom. The van der Waals surface area contributed by atoms with Crippen molar-refractivity contribution in [1.29, 1.82) is 0 Å². The molecule has 5 heteroatoms. The van der Waals surface area contributed by atoms with Crippen molar-refractivity contribution < 1.29 is 9.90 Å². The fraction of sp³-hybridized carbons (Fsp3) is 0.500. The molecule has 84 valence electrons. The maximum absolute atomic E-state index is 10.8. The summed E-state index contributed by atoms with van der Waals surface area (Å²) in [5, 5.41) is 11.9. The van der Waals surface area contributed by atoms with Gasteiger partial charge in [-0.3, -0.25) is 4.79 Å². The highest BCUT2D eigenvalue weighted by Gasteiger charge is 2.25. The van der Waals surface area contributed by atoms with Crippen molar-refractivity contribution in [2.45, 2.75) is 25.8 Å². The molecule has 1 aromatic rings. The molecular formula is C10H14BrNO2S. The minimum absolute atomic E-state index is 0.673. The van der Waals surface area contributed by atoms with Gasteiger partial charge in [-0.25, -0.2) is 0 Å². The monoisotopic (exact) mass is 291 g/mol. The Labute approximate surface area is 102 Å². The molecule has 0 aliphatic rings. The van der Waals surface area contributed by atoms with Crippen LogP contribution in [-0.4, -0.2) is 23.2 Å². The highest BCUT2D eigenvalue weighted by molar-refractivity contribution is 9.11. The number of hydrogen-bond donors (Lipinski definition) is 2. The van der Waals surface area contributed by atoms with E-state index in [0.717, 1.165) is 10.2 Å². The minimum atomic E-state index is -0.853. The van der Waals surface area contributed by atoms with Gasteiger partial charge < -0.3 is 10.4 Å². The first kappa shape index (κ1) is 12.7. The zero-order chi connectivity index (χ0) is 11.5. The number of thiophene rings is 1. The van der Waals surface area contributed by atoms with E-state index < -0.39 is 11.5 Å². The Bertz CT molecular complexity index is 349. The van der Waals surface area contributed by atoms with Gasteiger partial charge in [-0.1, -0.05) is 0 Å². The first-order valence-electron chi connectivity index (χ1n) is 4.64. The van der Waals surface area contributed by atoms with Gasteiger partial charge in [0, 0.05) is 11.4 Å². The summed E-state index contributed by atoms with van der Waals surface area (Å²) >= 11 is 5.07. The van der Waals surface area contributed by atoms with Gasteiger partial charge in [0.15, 0.2) is 0 Å². The maximum atomic E-state index is 10.8. The summed E-state index contributed by atoms with van der Waals surface area (Å²) in [5.74, 6) is -0.824. The second-order valence-corrected chi connectivity index (χ2v) is 6.36. The lowest BCUT2D eigenvalue weighted by molar-refractivity contribution is -0.143. The van der Waals surface area contributed by atoms with Crippen LogP contribution in [0.2, 0.25) is 0 Å². The number of rotatable bonds is 5. The fourth-order valence-corrected chi connectivity index (χ4v) is 2.54. The van der Waals surface area contributed by atoms with Gasteiger partial charge in [0.2, 0.25) is 0 Å². The van der Waals surface area contributed by atoms with Gasteiger partial charge in [0.05, 0.1) is 3.79 Å². The molecule has 2 N–H and O–H groups in total. The summed E-state index contributed by atoms with van der Waals surface area (Å²) in [6.45, 7) is 4.01. The van der Waals surface area contributed by atoms with Gasteiger partial charge in [-0.15, -0.1) is 11.3 Å². The van der Waals surface area contributed by atoms with E-state index >= 15 is 0 Å². The van der Waals surface area contributed by atoms with Gasteiger partial charge in [-0.2, -0.15) is 0 Å². The molecule has 0 spiro atoms. The zero-order valence-corrected chi connectivity index (χ0v) is 11.1. The van der Waals surface area contributed by atoms with Crippen LogP contribution in [-0.2, 0) is 11.2 Å². The molecule has 0 radical (unpaired) electrons. The molecule has 1 aromatic heterocycles. The van der Waals surface area contributed by atoms with Gasteiger partial charge >= 0.3 is 5.97 Å². The van der Waals surface area contributed by atoms with Crippen molar-refractivity contribution in [2.24, 2.45) is 0 Å². The summed E-state index contributed by atoms with van der Waals surface area (Å²) in [4.78, 5) is 12.0. The minimum Gasteiger partial charge on any atom is -0.480 e. The molecule has 1 heterocycles. The summed E-state index contributed by atoms with van der Waals surface area (Å²) in [7, 11) is 0. The van der Waals surface area contributed by atoms with Crippen LogP contribution >= 0.6 is 27.3 Å². The molecular weight excluding hydrogens is 278 g/mol. The molecule has 0 saturated carbocycles. The van der Waals surface area contributed by atoms with Crippen molar-refractivity contribution in [3.63, 3.8) is 0 Å². The number of carboxylic acids is 1. The molecule has 0 aromatic carbocycles. The van der Waals surface area contributed by atoms with Gasteiger partial charge in [0.25, 0.3) is 0 Å². The molecule has 0 saturated heterocycles. The highest BCUT2D eigenvalue weighted by atomic mass is 79.9. The third-order valence-electron chi connectivity index (χ3n) is 2.10. The Hall–Kier alpha value is -0.390. The van der Waals surface area contributed by atoms with Crippen LogP contribution in [0.5, 0.6) is 0 Å². The van der Waals surface area contributed by atoms with Gasteiger partial charge in [0.1, 0.15) is 5.54 Å². The Kier molecular flexibility index (Phi) is 4.31. The molecule has 15 heavy (non-hydrogen) atoms. The number of carboxylic acid groups (broad SMARTS) is 1. The van der Waals surface area contributed by atoms with Crippen molar-refractivity contribution >= 4 is 33.2 Å². The van der Waals surface area contributed by atoms with Crippen LogP contribution in [0.4, 0.5) is 0 Å². The van der Waals surface area contributed by atoms with E-state index in [9.17, 15) is 4.79 Å². The molecule has 0 amide bonds. The van der Waals surface area contributed by atoms with E-state index in [1.807, 2.05) is 12.1 Å². The molecule has 0 atom stereocenters. The van der Waals surface area contributed by atoms with Crippen LogP contribution in [0.25, 0.3) is 0 Å². The predicted octanol–water partition coefficient (Wildman–Crippen LogP) is 2.51. The van der Waals surface area contributed by atoms with E-state index in [1.54, 1.807) is 25.2 Å². The Morgan fingerprint density at radius 2 is 2.27 bits per heavy atom. The Morgan fingerprint density at radius 3 is 2.73 bits per heavy atom. The van der Waals surface area contributed by atoms with Crippen molar-refractivity contribution in [3.8, 4) is 0 Å². The summed E-state index contributed by atoms with van der Waals surface area (Å²) in [6.07, 6.45) is 0.854. The maximum Gasteiger partial charge on any atom is 0.323 e. The number of aliphatic carboxylic acids is 1.